The zero-order valence-corrected chi connectivity index (χ0v) is 9.04. The van der Waals surface area contributed by atoms with Crippen LogP contribution in [-0.4, -0.2) is 13.2 Å². The van der Waals surface area contributed by atoms with Crippen molar-refractivity contribution >= 4 is 0 Å². The van der Waals surface area contributed by atoms with Crippen molar-refractivity contribution in [1.82, 2.24) is 0 Å². The molecule has 78 valence electrons. The zero-order chi connectivity index (χ0) is 9.97. The Morgan fingerprint density at radius 2 is 2.29 bits per heavy atom. The fourth-order valence-corrected chi connectivity index (χ4v) is 2.54. The first kappa shape index (κ1) is 9.97. The van der Waals surface area contributed by atoms with Crippen LogP contribution in [0.2, 0.25) is 0 Å². The molecule has 2 rings (SSSR count). The maximum Gasteiger partial charge on any atom is 0.0674 e. The summed E-state index contributed by atoms with van der Waals surface area (Å²) in [7, 11) is 0. The topological polar surface area (TPSA) is 9.23 Å². The minimum absolute atomic E-state index is 0.758. The molecule has 2 bridgehead atoms. The molecular formula is C13H20O. The number of fused-ring (bicyclic) bond motifs is 2. The summed E-state index contributed by atoms with van der Waals surface area (Å²) < 4.78 is 5.69. The van der Waals surface area contributed by atoms with Crippen LogP contribution < -0.4 is 0 Å². The molecule has 0 aliphatic heterocycles. The van der Waals surface area contributed by atoms with Gasteiger partial charge in [-0.3, -0.25) is 0 Å². The molecule has 2 aliphatic carbocycles. The molecule has 1 heteroatoms. The lowest BCUT2D eigenvalue weighted by Crippen LogP contribution is -2.15. The first-order valence-corrected chi connectivity index (χ1v) is 5.72. The van der Waals surface area contributed by atoms with Crippen LogP contribution in [0.5, 0.6) is 0 Å². The highest BCUT2D eigenvalue weighted by atomic mass is 16.5. The van der Waals surface area contributed by atoms with Gasteiger partial charge in [-0.15, -0.1) is 0 Å². The van der Waals surface area contributed by atoms with Gasteiger partial charge in [-0.25, -0.2) is 0 Å². The smallest absolute Gasteiger partial charge is 0.0674 e. The van der Waals surface area contributed by atoms with Crippen LogP contribution >= 0.6 is 0 Å². The second-order valence-corrected chi connectivity index (χ2v) is 4.66. The Hall–Kier alpha value is -0.560. The Kier molecular flexibility index (Phi) is 3.07. The van der Waals surface area contributed by atoms with Crippen molar-refractivity contribution in [1.29, 1.82) is 0 Å². The average Bonchev–Trinajstić information content (AvgIpc) is 2.79. The summed E-state index contributed by atoms with van der Waals surface area (Å²) in [6.07, 6.45) is 8.53. The molecule has 0 aromatic heterocycles. The van der Waals surface area contributed by atoms with Crippen molar-refractivity contribution in [3.8, 4) is 0 Å². The molecule has 14 heavy (non-hydrogen) atoms. The van der Waals surface area contributed by atoms with E-state index in [2.05, 4.69) is 25.7 Å². The van der Waals surface area contributed by atoms with Crippen LogP contribution in [0.1, 0.15) is 26.2 Å². The molecule has 0 aromatic rings. The number of ether oxygens (including phenoxy) is 1. The van der Waals surface area contributed by atoms with Crippen molar-refractivity contribution < 1.29 is 4.74 Å². The molecule has 3 atom stereocenters. The normalized spacial score (nSPS) is 33.9. The van der Waals surface area contributed by atoms with E-state index in [1.54, 1.807) is 0 Å². The standard InChI is InChI=1S/C13H20O/c1-3-10(2)8-14-9-13-7-11-4-5-12(13)6-11/h4-5,11-13H,2-3,6-9H2,1H3. The fraction of sp³-hybridized carbons (Fsp3) is 0.692. The van der Waals surface area contributed by atoms with Gasteiger partial charge in [0.2, 0.25) is 0 Å². The molecule has 0 aromatic carbocycles. The first-order chi connectivity index (χ1) is 6.79. The summed E-state index contributed by atoms with van der Waals surface area (Å²) in [5.41, 5.74) is 1.21. The quantitative estimate of drug-likeness (QED) is 0.608. The minimum atomic E-state index is 0.758. The van der Waals surface area contributed by atoms with Gasteiger partial charge >= 0.3 is 0 Å². The number of hydrogen-bond acceptors (Lipinski definition) is 1. The molecule has 0 amide bonds. The molecule has 0 spiro atoms. The first-order valence-electron chi connectivity index (χ1n) is 5.72. The van der Waals surface area contributed by atoms with Crippen molar-refractivity contribution in [3.05, 3.63) is 24.3 Å². The zero-order valence-electron chi connectivity index (χ0n) is 9.04. The average molecular weight is 192 g/mol. The number of allylic oxidation sites excluding steroid dienone is 2. The van der Waals surface area contributed by atoms with Crippen LogP contribution in [0.3, 0.4) is 0 Å². The highest BCUT2D eigenvalue weighted by Gasteiger charge is 2.35. The van der Waals surface area contributed by atoms with E-state index in [0.29, 0.717) is 0 Å². The van der Waals surface area contributed by atoms with E-state index in [9.17, 15) is 0 Å². The molecular weight excluding hydrogens is 172 g/mol. The minimum Gasteiger partial charge on any atom is -0.377 e. The second-order valence-electron chi connectivity index (χ2n) is 4.66. The molecule has 1 nitrogen and oxygen atoms in total. The molecule has 0 radical (unpaired) electrons. The van der Waals surface area contributed by atoms with Crippen molar-refractivity contribution in [2.24, 2.45) is 17.8 Å². The van der Waals surface area contributed by atoms with Crippen LogP contribution in [0.15, 0.2) is 24.3 Å². The maximum absolute atomic E-state index is 5.69. The van der Waals surface area contributed by atoms with E-state index in [0.717, 1.165) is 37.4 Å². The Balaban J connectivity index is 1.67. The van der Waals surface area contributed by atoms with Crippen molar-refractivity contribution in [2.45, 2.75) is 26.2 Å². The van der Waals surface area contributed by atoms with E-state index in [-0.39, 0.29) is 0 Å². The largest absolute Gasteiger partial charge is 0.377 e. The highest BCUT2D eigenvalue weighted by molar-refractivity contribution is 5.10. The van der Waals surface area contributed by atoms with E-state index in [1.165, 1.54) is 18.4 Å². The van der Waals surface area contributed by atoms with Gasteiger partial charge in [-0.05, 0) is 37.0 Å². The lowest BCUT2D eigenvalue weighted by atomic mass is 9.95. The molecule has 1 fully saturated rings. The van der Waals surface area contributed by atoms with Gasteiger partial charge in [-0.2, -0.15) is 0 Å². The fourth-order valence-electron chi connectivity index (χ4n) is 2.54. The van der Waals surface area contributed by atoms with Gasteiger partial charge in [-0.1, -0.05) is 31.2 Å². The molecule has 0 saturated heterocycles. The van der Waals surface area contributed by atoms with E-state index in [1.807, 2.05) is 0 Å². The van der Waals surface area contributed by atoms with Gasteiger partial charge in [0, 0.05) is 0 Å². The molecule has 0 N–H and O–H groups in total. The summed E-state index contributed by atoms with van der Waals surface area (Å²) in [4.78, 5) is 0. The van der Waals surface area contributed by atoms with E-state index in [4.69, 9.17) is 4.74 Å². The Morgan fingerprint density at radius 3 is 2.86 bits per heavy atom. The molecule has 2 aliphatic rings. The van der Waals surface area contributed by atoms with Crippen molar-refractivity contribution in [2.75, 3.05) is 13.2 Å². The van der Waals surface area contributed by atoms with Crippen LogP contribution in [0, 0.1) is 17.8 Å². The third kappa shape index (κ3) is 2.09. The Morgan fingerprint density at radius 1 is 1.43 bits per heavy atom. The highest BCUT2D eigenvalue weighted by Crippen LogP contribution is 2.43. The number of hydrogen-bond donors (Lipinski definition) is 0. The molecule has 1 saturated carbocycles. The molecule has 0 heterocycles. The van der Waals surface area contributed by atoms with Gasteiger partial charge in [0.1, 0.15) is 0 Å². The predicted octanol–water partition coefficient (Wildman–Crippen LogP) is 3.18. The monoisotopic (exact) mass is 192 g/mol. The van der Waals surface area contributed by atoms with E-state index >= 15 is 0 Å². The van der Waals surface area contributed by atoms with Crippen molar-refractivity contribution in [3.63, 3.8) is 0 Å². The van der Waals surface area contributed by atoms with Gasteiger partial charge in [0.15, 0.2) is 0 Å². The lowest BCUT2D eigenvalue weighted by molar-refractivity contribution is 0.107. The van der Waals surface area contributed by atoms with Gasteiger partial charge in [0.05, 0.1) is 13.2 Å². The van der Waals surface area contributed by atoms with Crippen LogP contribution in [0.25, 0.3) is 0 Å². The predicted molar refractivity (Wildman–Crippen MR) is 59.1 cm³/mol. The molecule has 3 unspecified atom stereocenters. The summed E-state index contributed by atoms with van der Waals surface area (Å²) in [6.45, 7) is 7.77. The second kappa shape index (κ2) is 4.31. The Bertz CT molecular complexity index is 242. The summed E-state index contributed by atoms with van der Waals surface area (Å²) >= 11 is 0. The van der Waals surface area contributed by atoms with Crippen LogP contribution in [-0.2, 0) is 4.74 Å². The summed E-state index contributed by atoms with van der Waals surface area (Å²) in [5.74, 6) is 2.47. The van der Waals surface area contributed by atoms with Crippen LogP contribution in [0.4, 0.5) is 0 Å². The maximum atomic E-state index is 5.69. The van der Waals surface area contributed by atoms with E-state index < -0.39 is 0 Å². The third-order valence-electron chi connectivity index (χ3n) is 3.55. The van der Waals surface area contributed by atoms with Gasteiger partial charge in [0.25, 0.3) is 0 Å². The SMILES string of the molecule is C=C(CC)COCC1CC2C=CC1C2. The third-order valence-corrected chi connectivity index (χ3v) is 3.55. The van der Waals surface area contributed by atoms with Gasteiger partial charge < -0.3 is 4.74 Å². The Labute approximate surface area is 86.8 Å². The summed E-state index contributed by atoms with van der Waals surface area (Å²) in [5, 5.41) is 0. The summed E-state index contributed by atoms with van der Waals surface area (Å²) in [6, 6.07) is 0. The lowest BCUT2D eigenvalue weighted by Gasteiger charge is -2.18. The number of rotatable bonds is 5.